The van der Waals surface area contributed by atoms with Gasteiger partial charge in [-0.05, 0) is 24.4 Å². The van der Waals surface area contributed by atoms with Gasteiger partial charge in [0.05, 0.1) is 11.1 Å². The number of nitrogens with two attached hydrogens (primary N) is 1. The highest BCUT2D eigenvalue weighted by Gasteiger charge is 2.07. The highest BCUT2D eigenvalue weighted by molar-refractivity contribution is 7.16. The van der Waals surface area contributed by atoms with Gasteiger partial charge in [-0.25, -0.2) is 9.97 Å². The summed E-state index contributed by atoms with van der Waals surface area (Å²) < 4.78 is 1.81. The van der Waals surface area contributed by atoms with Crippen LogP contribution in [0.4, 0.5) is 5.82 Å². The first kappa shape index (κ1) is 10.2. The summed E-state index contributed by atoms with van der Waals surface area (Å²) in [6.07, 6.45) is 1.91. The Morgan fingerprint density at radius 2 is 2.24 bits per heavy atom. The molecule has 3 aromatic rings. The lowest BCUT2D eigenvalue weighted by Gasteiger charge is -2.02. The lowest BCUT2D eigenvalue weighted by Crippen LogP contribution is -2.06. The predicted octanol–water partition coefficient (Wildman–Crippen LogP) is 1.83. The van der Waals surface area contributed by atoms with Crippen LogP contribution in [0.3, 0.4) is 0 Å². The molecule has 3 aromatic heterocycles. The molecule has 0 aromatic carbocycles. The zero-order valence-electron chi connectivity index (χ0n) is 9.29. The van der Waals surface area contributed by atoms with Crippen LogP contribution in [0, 0.1) is 6.92 Å². The fraction of sp³-hybridized carbons (Fsp3) is 0.182. The first-order valence-electron chi connectivity index (χ1n) is 5.22. The Labute approximate surface area is 102 Å². The lowest BCUT2D eigenvalue weighted by molar-refractivity contribution is 0.653. The number of aryl methyl sites for hydroxylation is 1. The van der Waals surface area contributed by atoms with E-state index in [1.165, 1.54) is 0 Å². The number of thiophene rings is 1. The normalized spacial score (nSPS) is 11.1. The maximum Gasteiger partial charge on any atom is 0.153 e. The van der Waals surface area contributed by atoms with Gasteiger partial charge in [0.1, 0.15) is 17.2 Å². The molecule has 0 aliphatic carbocycles. The van der Waals surface area contributed by atoms with Crippen LogP contribution in [-0.2, 0) is 6.54 Å². The summed E-state index contributed by atoms with van der Waals surface area (Å²) >= 11 is 1.57. The molecule has 3 rings (SSSR count). The molecule has 6 heteroatoms. The summed E-state index contributed by atoms with van der Waals surface area (Å²) in [7, 11) is 0. The van der Waals surface area contributed by atoms with E-state index < -0.39 is 0 Å². The SMILES string of the molecule is Cc1ccn(Cc2nc(N)c3ccsc3n2)n1. The van der Waals surface area contributed by atoms with Gasteiger partial charge in [-0.3, -0.25) is 4.68 Å². The van der Waals surface area contributed by atoms with Crippen molar-refractivity contribution in [3.63, 3.8) is 0 Å². The smallest absolute Gasteiger partial charge is 0.153 e. The van der Waals surface area contributed by atoms with Crippen LogP contribution >= 0.6 is 11.3 Å². The van der Waals surface area contributed by atoms with Crippen LogP contribution < -0.4 is 5.73 Å². The van der Waals surface area contributed by atoms with Gasteiger partial charge in [-0.15, -0.1) is 11.3 Å². The number of aromatic nitrogens is 4. The molecule has 17 heavy (non-hydrogen) atoms. The second-order valence-electron chi connectivity index (χ2n) is 3.82. The Balaban J connectivity index is 2.00. The zero-order chi connectivity index (χ0) is 11.8. The maximum atomic E-state index is 5.89. The molecular weight excluding hydrogens is 234 g/mol. The molecule has 2 N–H and O–H groups in total. The number of anilines is 1. The summed E-state index contributed by atoms with van der Waals surface area (Å²) in [5.74, 6) is 1.23. The van der Waals surface area contributed by atoms with Crippen molar-refractivity contribution in [1.29, 1.82) is 0 Å². The van der Waals surface area contributed by atoms with Gasteiger partial charge < -0.3 is 5.73 Å². The van der Waals surface area contributed by atoms with E-state index in [9.17, 15) is 0 Å². The van der Waals surface area contributed by atoms with Crippen molar-refractivity contribution in [1.82, 2.24) is 19.7 Å². The minimum absolute atomic E-state index is 0.537. The molecule has 0 aliphatic heterocycles. The van der Waals surface area contributed by atoms with Crippen LogP contribution in [0.2, 0.25) is 0 Å². The largest absolute Gasteiger partial charge is 0.383 e. The second-order valence-corrected chi connectivity index (χ2v) is 4.71. The number of hydrogen-bond acceptors (Lipinski definition) is 5. The molecular formula is C11H11N5S. The fourth-order valence-electron chi connectivity index (χ4n) is 1.69. The van der Waals surface area contributed by atoms with E-state index in [1.807, 2.05) is 35.3 Å². The number of nitrogens with zero attached hydrogens (tertiary/aromatic N) is 4. The molecule has 0 saturated carbocycles. The van der Waals surface area contributed by atoms with Crippen molar-refractivity contribution in [3.8, 4) is 0 Å². The number of hydrogen-bond donors (Lipinski definition) is 1. The van der Waals surface area contributed by atoms with E-state index in [0.29, 0.717) is 18.2 Å². The molecule has 0 spiro atoms. The number of rotatable bonds is 2. The zero-order valence-corrected chi connectivity index (χ0v) is 10.1. The molecule has 86 valence electrons. The van der Waals surface area contributed by atoms with E-state index in [2.05, 4.69) is 15.1 Å². The second kappa shape index (κ2) is 3.81. The van der Waals surface area contributed by atoms with Crippen LogP contribution in [0.15, 0.2) is 23.7 Å². The summed E-state index contributed by atoms with van der Waals surface area (Å²) in [4.78, 5) is 9.68. The first-order chi connectivity index (χ1) is 8.22. The van der Waals surface area contributed by atoms with Crippen molar-refractivity contribution < 1.29 is 0 Å². The molecule has 0 aliphatic rings. The fourth-order valence-corrected chi connectivity index (χ4v) is 2.48. The number of fused-ring (bicyclic) bond motifs is 1. The van der Waals surface area contributed by atoms with Crippen molar-refractivity contribution in [2.75, 3.05) is 5.73 Å². The van der Waals surface area contributed by atoms with Gasteiger partial charge in [0.2, 0.25) is 0 Å². The third-order valence-electron chi connectivity index (χ3n) is 2.48. The molecule has 0 fully saturated rings. The van der Waals surface area contributed by atoms with Crippen molar-refractivity contribution in [2.45, 2.75) is 13.5 Å². The van der Waals surface area contributed by atoms with Crippen LogP contribution in [0.5, 0.6) is 0 Å². The van der Waals surface area contributed by atoms with E-state index in [1.54, 1.807) is 11.3 Å². The van der Waals surface area contributed by atoms with Gasteiger partial charge in [-0.1, -0.05) is 0 Å². The molecule has 0 atom stereocenters. The molecule has 0 radical (unpaired) electrons. The lowest BCUT2D eigenvalue weighted by atomic mass is 10.4. The first-order valence-corrected chi connectivity index (χ1v) is 6.10. The highest BCUT2D eigenvalue weighted by atomic mass is 32.1. The number of nitrogen functional groups attached to an aromatic ring is 1. The quantitative estimate of drug-likeness (QED) is 0.747. The third-order valence-corrected chi connectivity index (χ3v) is 3.28. The topological polar surface area (TPSA) is 69.6 Å². The molecule has 0 unspecified atom stereocenters. The molecule has 0 bridgehead atoms. The minimum atomic E-state index is 0.537. The monoisotopic (exact) mass is 245 g/mol. The average molecular weight is 245 g/mol. The minimum Gasteiger partial charge on any atom is -0.383 e. The predicted molar refractivity (Wildman–Crippen MR) is 67.9 cm³/mol. The Morgan fingerprint density at radius 1 is 1.35 bits per heavy atom. The average Bonchev–Trinajstić information content (AvgIpc) is 2.87. The van der Waals surface area contributed by atoms with E-state index in [4.69, 9.17) is 5.73 Å². The van der Waals surface area contributed by atoms with E-state index >= 15 is 0 Å². The van der Waals surface area contributed by atoms with Crippen molar-refractivity contribution in [3.05, 3.63) is 35.2 Å². The summed E-state index contributed by atoms with van der Waals surface area (Å²) in [5.41, 5.74) is 6.87. The van der Waals surface area contributed by atoms with Gasteiger partial charge in [0, 0.05) is 6.20 Å². The molecule has 0 amide bonds. The Morgan fingerprint density at radius 3 is 3.00 bits per heavy atom. The summed E-state index contributed by atoms with van der Waals surface area (Å²) in [5, 5.41) is 7.20. The van der Waals surface area contributed by atoms with Crippen LogP contribution in [-0.4, -0.2) is 19.7 Å². The Bertz CT molecular complexity index is 669. The van der Waals surface area contributed by atoms with Crippen molar-refractivity contribution in [2.24, 2.45) is 0 Å². The Hall–Kier alpha value is -1.95. The van der Waals surface area contributed by atoms with Crippen LogP contribution in [0.25, 0.3) is 10.2 Å². The standard InChI is InChI=1S/C11H11N5S/c1-7-2-4-16(15-7)6-9-13-10(12)8-3-5-17-11(8)14-9/h2-5H,6H2,1H3,(H2,12,13,14). The molecule has 0 saturated heterocycles. The molecule has 5 nitrogen and oxygen atoms in total. The van der Waals surface area contributed by atoms with Crippen molar-refractivity contribution >= 4 is 27.4 Å². The summed E-state index contributed by atoms with van der Waals surface area (Å²) in [6.45, 7) is 2.50. The highest BCUT2D eigenvalue weighted by Crippen LogP contribution is 2.22. The van der Waals surface area contributed by atoms with Gasteiger partial charge in [0.15, 0.2) is 5.82 Å². The third kappa shape index (κ3) is 1.87. The summed E-state index contributed by atoms with van der Waals surface area (Å²) in [6, 6.07) is 3.89. The molecule has 3 heterocycles. The Kier molecular flexibility index (Phi) is 2.29. The van der Waals surface area contributed by atoms with Crippen LogP contribution in [0.1, 0.15) is 11.5 Å². The van der Waals surface area contributed by atoms with Gasteiger partial charge in [0.25, 0.3) is 0 Å². The van der Waals surface area contributed by atoms with Gasteiger partial charge in [-0.2, -0.15) is 5.10 Å². The van der Waals surface area contributed by atoms with E-state index in [-0.39, 0.29) is 0 Å². The van der Waals surface area contributed by atoms with Gasteiger partial charge >= 0.3 is 0 Å². The van der Waals surface area contributed by atoms with E-state index in [0.717, 1.165) is 15.9 Å². The maximum absolute atomic E-state index is 5.89.